The number of fused-ring (bicyclic) bond motifs is 1. The van der Waals surface area contributed by atoms with Crippen LogP contribution in [-0.4, -0.2) is 29.1 Å². The summed E-state index contributed by atoms with van der Waals surface area (Å²) >= 11 is 0. The maximum absolute atomic E-state index is 12.6. The van der Waals surface area contributed by atoms with Gasteiger partial charge in [-0.25, -0.2) is 0 Å². The second kappa shape index (κ2) is 8.40. The molecular weight excluding hydrogens is 401 g/mol. The van der Waals surface area contributed by atoms with E-state index in [0.29, 0.717) is 33.7 Å². The van der Waals surface area contributed by atoms with Gasteiger partial charge in [0.15, 0.2) is 0 Å². The highest BCUT2D eigenvalue weighted by Gasteiger charge is 2.29. The average molecular weight is 418 g/mol. The standard InChI is InChI=1S/C21H17F3N2O4/c1-12(26-15-4-2-14(3-5-15)21(22,23)24)18(25)11-29-16-6-7-17-13(8-20(27)28)10-30-19(17)9-16/h2-7,9-10,25H,8,11H2,1H3,(H,27,28). The number of furan rings is 1. The number of benzene rings is 2. The van der Waals surface area contributed by atoms with Crippen LogP contribution in [0.3, 0.4) is 0 Å². The van der Waals surface area contributed by atoms with Gasteiger partial charge in [0.1, 0.15) is 17.9 Å². The summed E-state index contributed by atoms with van der Waals surface area (Å²) in [5.74, 6) is -0.542. The zero-order chi connectivity index (χ0) is 21.9. The van der Waals surface area contributed by atoms with Gasteiger partial charge in [-0.15, -0.1) is 0 Å². The number of carbonyl (C=O) groups is 1. The number of nitrogens with one attached hydrogen (secondary N) is 1. The minimum Gasteiger partial charge on any atom is -0.487 e. The third-order valence-corrected chi connectivity index (χ3v) is 4.28. The number of rotatable bonds is 7. The molecule has 0 saturated carbocycles. The zero-order valence-electron chi connectivity index (χ0n) is 15.8. The molecule has 0 unspecified atom stereocenters. The van der Waals surface area contributed by atoms with E-state index in [0.717, 1.165) is 12.1 Å². The average Bonchev–Trinajstić information content (AvgIpc) is 3.07. The van der Waals surface area contributed by atoms with Crippen LogP contribution in [-0.2, 0) is 17.4 Å². The number of aliphatic carboxylic acids is 1. The van der Waals surface area contributed by atoms with Crippen molar-refractivity contribution in [1.29, 1.82) is 5.41 Å². The lowest BCUT2D eigenvalue weighted by atomic mass is 10.1. The molecule has 0 aliphatic rings. The van der Waals surface area contributed by atoms with Crippen molar-refractivity contribution in [3.05, 3.63) is 59.9 Å². The number of carboxylic acids is 1. The zero-order valence-corrected chi connectivity index (χ0v) is 15.8. The van der Waals surface area contributed by atoms with Crippen molar-refractivity contribution in [1.82, 2.24) is 0 Å². The molecule has 2 N–H and O–H groups in total. The maximum Gasteiger partial charge on any atom is 0.416 e. The summed E-state index contributed by atoms with van der Waals surface area (Å²) in [5.41, 5.74) is 0.908. The topological polar surface area (TPSA) is 95.9 Å². The fourth-order valence-electron chi connectivity index (χ4n) is 2.70. The van der Waals surface area contributed by atoms with Gasteiger partial charge in [-0.05, 0) is 43.3 Å². The van der Waals surface area contributed by atoms with Crippen molar-refractivity contribution in [2.45, 2.75) is 19.5 Å². The van der Waals surface area contributed by atoms with E-state index >= 15 is 0 Å². The van der Waals surface area contributed by atoms with Crippen LogP contribution in [0.5, 0.6) is 5.75 Å². The SMILES string of the molecule is CC(=Nc1ccc(C(F)(F)F)cc1)C(=N)COc1ccc2c(CC(=O)O)coc2c1. The van der Waals surface area contributed by atoms with Crippen LogP contribution in [0.25, 0.3) is 11.0 Å². The lowest BCUT2D eigenvalue weighted by Crippen LogP contribution is -2.18. The molecule has 0 saturated heterocycles. The Morgan fingerprint density at radius 1 is 1.20 bits per heavy atom. The van der Waals surface area contributed by atoms with Crippen molar-refractivity contribution >= 4 is 34.0 Å². The molecular formula is C21H17F3N2O4. The van der Waals surface area contributed by atoms with Crippen molar-refractivity contribution in [2.75, 3.05) is 6.61 Å². The van der Waals surface area contributed by atoms with Gasteiger partial charge < -0.3 is 14.3 Å². The lowest BCUT2D eigenvalue weighted by molar-refractivity contribution is -0.138. The second-order valence-corrected chi connectivity index (χ2v) is 6.50. The summed E-state index contributed by atoms with van der Waals surface area (Å²) < 4.78 is 48.7. The Bertz CT molecular complexity index is 1120. The maximum atomic E-state index is 12.6. The van der Waals surface area contributed by atoms with Crippen LogP contribution >= 0.6 is 0 Å². The normalized spacial score (nSPS) is 12.2. The van der Waals surface area contributed by atoms with Gasteiger partial charge in [-0.3, -0.25) is 15.2 Å². The summed E-state index contributed by atoms with van der Waals surface area (Å²) in [4.78, 5) is 15.0. The first-order valence-corrected chi connectivity index (χ1v) is 8.78. The molecule has 0 amide bonds. The Balaban J connectivity index is 1.64. The molecule has 3 aromatic rings. The van der Waals surface area contributed by atoms with Crippen LogP contribution in [0.4, 0.5) is 18.9 Å². The first-order valence-electron chi connectivity index (χ1n) is 8.78. The molecule has 9 heteroatoms. The van der Waals surface area contributed by atoms with Gasteiger partial charge in [0.05, 0.1) is 35.4 Å². The number of hydrogen-bond donors (Lipinski definition) is 2. The van der Waals surface area contributed by atoms with Gasteiger partial charge in [-0.1, -0.05) is 0 Å². The molecule has 0 aliphatic carbocycles. The molecule has 0 fully saturated rings. The highest BCUT2D eigenvalue weighted by Crippen LogP contribution is 2.30. The number of ether oxygens (including phenoxy) is 1. The Hall–Kier alpha value is -3.62. The van der Waals surface area contributed by atoms with Gasteiger partial charge in [-0.2, -0.15) is 13.2 Å². The van der Waals surface area contributed by atoms with Crippen LogP contribution in [0, 0.1) is 5.41 Å². The minimum atomic E-state index is -4.42. The molecule has 2 aromatic carbocycles. The van der Waals surface area contributed by atoms with E-state index < -0.39 is 17.7 Å². The number of alkyl halides is 3. The Morgan fingerprint density at radius 2 is 1.90 bits per heavy atom. The number of carboxylic acid groups (broad SMARTS) is 1. The number of hydrogen-bond acceptors (Lipinski definition) is 5. The molecule has 1 aromatic heterocycles. The Kier molecular flexibility index (Phi) is 5.91. The number of nitrogens with zero attached hydrogens (tertiary/aromatic N) is 1. The van der Waals surface area contributed by atoms with Crippen LogP contribution < -0.4 is 4.74 Å². The quantitative estimate of drug-likeness (QED) is 0.511. The Labute approximate surface area is 169 Å². The highest BCUT2D eigenvalue weighted by molar-refractivity contribution is 6.41. The fraction of sp³-hybridized carbons (Fsp3) is 0.190. The largest absolute Gasteiger partial charge is 0.487 e. The summed E-state index contributed by atoms with van der Waals surface area (Å²) in [6.45, 7) is 1.46. The van der Waals surface area contributed by atoms with Gasteiger partial charge in [0, 0.05) is 17.0 Å². The predicted octanol–water partition coefficient (Wildman–Crippen LogP) is 5.27. The van der Waals surface area contributed by atoms with E-state index in [1.54, 1.807) is 25.1 Å². The molecule has 6 nitrogen and oxygen atoms in total. The molecule has 30 heavy (non-hydrogen) atoms. The summed E-state index contributed by atoms with van der Waals surface area (Å²) in [7, 11) is 0. The molecule has 156 valence electrons. The molecule has 0 bridgehead atoms. The van der Waals surface area contributed by atoms with Gasteiger partial charge in [0.2, 0.25) is 0 Å². The van der Waals surface area contributed by atoms with Crippen LogP contribution in [0.15, 0.2) is 58.1 Å². The monoisotopic (exact) mass is 418 g/mol. The van der Waals surface area contributed by atoms with E-state index in [2.05, 4.69) is 4.99 Å². The highest BCUT2D eigenvalue weighted by atomic mass is 19.4. The number of aliphatic imine (C=N–C) groups is 1. The van der Waals surface area contributed by atoms with E-state index in [9.17, 15) is 18.0 Å². The predicted molar refractivity (Wildman–Crippen MR) is 105 cm³/mol. The molecule has 0 radical (unpaired) electrons. The second-order valence-electron chi connectivity index (χ2n) is 6.50. The molecule has 3 rings (SSSR count). The van der Waals surface area contributed by atoms with Crippen molar-refractivity contribution in [3.8, 4) is 5.75 Å². The summed E-state index contributed by atoms with van der Waals surface area (Å²) in [6.07, 6.45) is -3.19. The van der Waals surface area contributed by atoms with Crippen LogP contribution in [0.1, 0.15) is 18.1 Å². The van der Waals surface area contributed by atoms with Crippen molar-refractivity contribution < 1.29 is 32.2 Å². The first kappa shape index (κ1) is 21.1. The fourth-order valence-corrected chi connectivity index (χ4v) is 2.70. The van der Waals surface area contributed by atoms with Gasteiger partial charge >= 0.3 is 12.1 Å². The van der Waals surface area contributed by atoms with E-state index in [4.69, 9.17) is 19.7 Å². The molecule has 0 aliphatic heterocycles. The number of halogens is 3. The van der Waals surface area contributed by atoms with E-state index in [1.165, 1.54) is 18.4 Å². The molecule has 1 heterocycles. The van der Waals surface area contributed by atoms with E-state index in [1.807, 2.05) is 0 Å². The summed E-state index contributed by atoms with van der Waals surface area (Å²) in [6, 6.07) is 9.25. The van der Waals surface area contributed by atoms with Crippen LogP contribution in [0.2, 0.25) is 0 Å². The molecule has 0 spiro atoms. The smallest absolute Gasteiger partial charge is 0.416 e. The third kappa shape index (κ3) is 5.05. The third-order valence-electron chi connectivity index (χ3n) is 4.28. The molecule has 0 atom stereocenters. The summed E-state index contributed by atoms with van der Waals surface area (Å²) in [5, 5.41) is 17.6. The van der Waals surface area contributed by atoms with Gasteiger partial charge in [0.25, 0.3) is 0 Å². The van der Waals surface area contributed by atoms with Crippen molar-refractivity contribution in [2.24, 2.45) is 4.99 Å². The van der Waals surface area contributed by atoms with E-state index in [-0.39, 0.29) is 18.7 Å². The Morgan fingerprint density at radius 3 is 2.53 bits per heavy atom. The lowest BCUT2D eigenvalue weighted by Gasteiger charge is -2.08. The minimum absolute atomic E-state index is 0.0565. The van der Waals surface area contributed by atoms with Crippen molar-refractivity contribution in [3.63, 3.8) is 0 Å². The first-order chi connectivity index (χ1) is 14.1.